The lowest BCUT2D eigenvalue weighted by Crippen LogP contribution is -2.37. The lowest BCUT2D eigenvalue weighted by molar-refractivity contribution is -0.164. The summed E-state index contributed by atoms with van der Waals surface area (Å²) >= 11 is 0. The standard InChI is InChI=1S/C8H15NO3/c1-11-7(5-9)8(10)12-6-3-2-4-6/h6-7H,2-5,9H2,1H3. The second-order valence-corrected chi connectivity index (χ2v) is 2.95. The molecule has 1 unspecified atom stereocenters. The van der Waals surface area contributed by atoms with E-state index in [9.17, 15) is 4.79 Å². The molecule has 0 saturated heterocycles. The molecule has 0 radical (unpaired) electrons. The average Bonchev–Trinajstić information content (AvgIpc) is 1.99. The van der Waals surface area contributed by atoms with Crippen molar-refractivity contribution in [1.82, 2.24) is 0 Å². The molecule has 4 heteroatoms. The number of ether oxygens (including phenoxy) is 2. The fourth-order valence-corrected chi connectivity index (χ4v) is 1.02. The maximum absolute atomic E-state index is 11.2. The van der Waals surface area contributed by atoms with Gasteiger partial charge in [-0.05, 0) is 19.3 Å². The van der Waals surface area contributed by atoms with Crippen LogP contribution in [-0.4, -0.2) is 31.8 Å². The summed E-state index contributed by atoms with van der Waals surface area (Å²) in [4.78, 5) is 11.2. The summed E-state index contributed by atoms with van der Waals surface area (Å²) in [7, 11) is 1.46. The van der Waals surface area contributed by atoms with E-state index < -0.39 is 6.10 Å². The summed E-state index contributed by atoms with van der Waals surface area (Å²) in [5.41, 5.74) is 5.29. The zero-order valence-electron chi connectivity index (χ0n) is 7.29. The molecule has 1 fully saturated rings. The minimum atomic E-state index is -0.592. The maximum Gasteiger partial charge on any atom is 0.336 e. The quantitative estimate of drug-likeness (QED) is 0.610. The molecular formula is C8H15NO3. The van der Waals surface area contributed by atoms with Crippen molar-refractivity contribution in [2.24, 2.45) is 5.73 Å². The van der Waals surface area contributed by atoms with Gasteiger partial charge < -0.3 is 15.2 Å². The van der Waals surface area contributed by atoms with Crippen LogP contribution < -0.4 is 5.73 Å². The Morgan fingerprint density at radius 1 is 1.67 bits per heavy atom. The van der Waals surface area contributed by atoms with Crippen LogP contribution in [0.2, 0.25) is 0 Å². The number of hydrogen-bond donors (Lipinski definition) is 1. The molecule has 1 rings (SSSR count). The molecule has 1 aliphatic carbocycles. The van der Waals surface area contributed by atoms with Crippen molar-refractivity contribution >= 4 is 5.97 Å². The predicted octanol–water partition coefficient (Wildman–Crippen LogP) is 0.0558. The van der Waals surface area contributed by atoms with E-state index >= 15 is 0 Å². The Kier molecular flexibility index (Phi) is 3.49. The third-order valence-electron chi connectivity index (χ3n) is 2.10. The van der Waals surface area contributed by atoms with E-state index in [0.29, 0.717) is 0 Å². The highest BCUT2D eigenvalue weighted by Crippen LogP contribution is 2.22. The summed E-state index contributed by atoms with van der Waals surface area (Å²) in [6.07, 6.45) is 2.63. The molecule has 0 aliphatic heterocycles. The van der Waals surface area contributed by atoms with Crippen molar-refractivity contribution < 1.29 is 14.3 Å². The topological polar surface area (TPSA) is 61.5 Å². The van der Waals surface area contributed by atoms with E-state index in [1.54, 1.807) is 0 Å². The number of hydrogen-bond acceptors (Lipinski definition) is 4. The number of carbonyl (C=O) groups excluding carboxylic acids is 1. The Morgan fingerprint density at radius 3 is 2.67 bits per heavy atom. The van der Waals surface area contributed by atoms with E-state index in [4.69, 9.17) is 15.2 Å². The smallest absolute Gasteiger partial charge is 0.336 e. The molecule has 4 nitrogen and oxygen atoms in total. The molecule has 70 valence electrons. The molecule has 0 aromatic carbocycles. The van der Waals surface area contributed by atoms with Gasteiger partial charge in [-0.3, -0.25) is 0 Å². The molecule has 0 bridgehead atoms. The Hall–Kier alpha value is -0.610. The van der Waals surface area contributed by atoms with Crippen molar-refractivity contribution in [2.45, 2.75) is 31.5 Å². The van der Waals surface area contributed by atoms with Crippen molar-refractivity contribution in [3.63, 3.8) is 0 Å². The largest absolute Gasteiger partial charge is 0.460 e. The van der Waals surface area contributed by atoms with Gasteiger partial charge in [-0.1, -0.05) is 0 Å². The summed E-state index contributed by atoms with van der Waals surface area (Å²) in [6, 6.07) is 0. The van der Waals surface area contributed by atoms with E-state index in [1.807, 2.05) is 0 Å². The third kappa shape index (κ3) is 2.19. The maximum atomic E-state index is 11.2. The molecule has 12 heavy (non-hydrogen) atoms. The van der Waals surface area contributed by atoms with Gasteiger partial charge in [-0.25, -0.2) is 4.79 Å². The van der Waals surface area contributed by atoms with Gasteiger partial charge in [0.1, 0.15) is 6.10 Å². The van der Waals surface area contributed by atoms with Gasteiger partial charge in [-0.15, -0.1) is 0 Å². The molecule has 0 amide bonds. The third-order valence-corrected chi connectivity index (χ3v) is 2.10. The van der Waals surface area contributed by atoms with Gasteiger partial charge in [0.15, 0.2) is 6.10 Å². The van der Waals surface area contributed by atoms with E-state index in [-0.39, 0.29) is 18.6 Å². The second-order valence-electron chi connectivity index (χ2n) is 2.95. The summed E-state index contributed by atoms with van der Waals surface area (Å²) in [6.45, 7) is 0.183. The van der Waals surface area contributed by atoms with Crippen LogP contribution in [-0.2, 0) is 14.3 Å². The molecule has 0 spiro atoms. The van der Waals surface area contributed by atoms with Gasteiger partial charge in [-0.2, -0.15) is 0 Å². The van der Waals surface area contributed by atoms with Crippen molar-refractivity contribution in [3.05, 3.63) is 0 Å². The Morgan fingerprint density at radius 2 is 2.33 bits per heavy atom. The van der Waals surface area contributed by atoms with Crippen LogP contribution in [0, 0.1) is 0 Å². The van der Waals surface area contributed by atoms with E-state index in [0.717, 1.165) is 19.3 Å². The molecule has 0 aromatic rings. The van der Waals surface area contributed by atoms with Gasteiger partial charge in [0, 0.05) is 13.7 Å². The van der Waals surface area contributed by atoms with Crippen LogP contribution in [0.5, 0.6) is 0 Å². The van der Waals surface area contributed by atoms with Crippen LogP contribution in [0.4, 0.5) is 0 Å². The highest BCUT2D eigenvalue weighted by molar-refractivity contribution is 5.75. The molecule has 1 aliphatic rings. The monoisotopic (exact) mass is 173 g/mol. The summed E-state index contributed by atoms with van der Waals surface area (Å²) in [5, 5.41) is 0. The lowest BCUT2D eigenvalue weighted by Gasteiger charge is -2.26. The Bertz CT molecular complexity index is 152. The second kappa shape index (κ2) is 4.42. The fraction of sp³-hybridized carbons (Fsp3) is 0.875. The van der Waals surface area contributed by atoms with Crippen LogP contribution >= 0.6 is 0 Å². The normalized spacial score (nSPS) is 19.8. The Balaban J connectivity index is 2.24. The van der Waals surface area contributed by atoms with Crippen LogP contribution in [0.25, 0.3) is 0 Å². The first-order valence-electron chi connectivity index (χ1n) is 4.21. The van der Waals surface area contributed by atoms with Crippen LogP contribution in [0.3, 0.4) is 0 Å². The first kappa shape index (κ1) is 9.48. The molecule has 0 aromatic heterocycles. The van der Waals surface area contributed by atoms with Crippen molar-refractivity contribution in [1.29, 1.82) is 0 Å². The van der Waals surface area contributed by atoms with Gasteiger partial charge >= 0.3 is 5.97 Å². The number of rotatable bonds is 4. The summed E-state index contributed by atoms with van der Waals surface area (Å²) < 4.78 is 9.92. The van der Waals surface area contributed by atoms with Crippen LogP contribution in [0.15, 0.2) is 0 Å². The first-order chi connectivity index (χ1) is 5.77. The molecule has 0 heterocycles. The zero-order valence-corrected chi connectivity index (χ0v) is 7.29. The highest BCUT2D eigenvalue weighted by atomic mass is 16.6. The number of esters is 1. The van der Waals surface area contributed by atoms with Gasteiger partial charge in [0.05, 0.1) is 0 Å². The SMILES string of the molecule is COC(CN)C(=O)OC1CCC1. The minimum Gasteiger partial charge on any atom is -0.460 e. The Labute approximate surface area is 72.0 Å². The predicted molar refractivity (Wildman–Crippen MR) is 43.6 cm³/mol. The summed E-state index contributed by atoms with van der Waals surface area (Å²) in [5.74, 6) is -0.329. The lowest BCUT2D eigenvalue weighted by atomic mass is 9.96. The van der Waals surface area contributed by atoms with Crippen LogP contribution in [0.1, 0.15) is 19.3 Å². The van der Waals surface area contributed by atoms with Gasteiger partial charge in [0.2, 0.25) is 0 Å². The number of nitrogens with two attached hydrogens (primary N) is 1. The van der Waals surface area contributed by atoms with E-state index in [2.05, 4.69) is 0 Å². The van der Waals surface area contributed by atoms with Crippen molar-refractivity contribution in [2.75, 3.05) is 13.7 Å². The number of methoxy groups -OCH3 is 1. The minimum absolute atomic E-state index is 0.113. The average molecular weight is 173 g/mol. The van der Waals surface area contributed by atoms with Gasteiger partial charge in [0.25, 0.3) is 0 Å². The molecule has 1 atom stereocenters. The molecule has 2 N–H and O–H groups in total. The first-order valence-corrected chi connectivity index (χ1v) is 4.21. The zero-order chi connectivity index (χ0) is 8.97. The number of carbonyl (C=O) groups is 1. The fourth-order valence-electron chi connectivity index (χ4n) is 1.02. The van der Waals surface area contributed by atoms with Crippen molar-refractivity contribution in [3.8, 4) is 0 Å². The molecule has 1 saturated carbocycles. The van der Waals surface area contributed by atoms with E-state index in [1.165, 1.54) is 7.11 Å². The highest BCUT2D eigenvalue weighted by Gasteiger charge is 2.25. The molecular weight excluding hydrogens is 158 g/mol.